The van der Waals surface area contributed by atoms with Gasteiger partial charge in [0.1, 0.15) is 0 Å². The molecule has 1 unspecified atom stereocenters. The molecule has 76 valence electrons. The highest BCUT2D eigenvalue weighted by molar-refractivity contribution is 5.00. The van der Waals surface area contributed by atoms with Gasteiger partial charge in [-0.15, -0.1) is 0 Å². The summed E-state index contributed by atoms with van der Waals surface area (Å²) in [6.45, 7) is 9.72. The monoisotopic (exact) mass is 184 g/mol. The third-order valence-electron chi connectivity index (χ3n) is 3.24. The topological polar surface area (TPSA) is 24.5 Å². The fourth-order valence-electron chi connectivity index (χ4n) is 2.14. The van der Waals surface area contributed by atoms with Gasteiger partial charge < -0.3 is 10.1 Å². The summed E-state index contributed by atoms with van der Waals surface area (Å²) in [5.74, 6) is 0. The fourth-order valence-corrected chi connectivity index (χ4v) is 2.14. The molecular formula is C10H20N2O. The lowest BCUT2D eigenvalue weighted by molar-refractivity contribution is 0.0543. The Hall–Kier alpha value is -0.120. The van der Waals surface area contributed by atoms with Crippen molar-refractivity contribution in [2.24, 2.45) is 0 Å². The molecule has 3 nitrogen and oxygen atoms in total. The molecular weight excluding hydrogens is 164 g/mol. The Bertz CT molecular complexity index is 178. The molecule has 2 saturated heterocycles. The quantitative estimate of drug-likeness (QED) is 0.641. The van der Waals surface area contributed by atoms with Crippen LogP contribution in [0.25, 0.3) is 0 Å². The minimum absolute atomic E-state index is 0.292. The van der Waals surface area contributed by atoms with E-state index in [1.807, 2.05) is 0 Å². The van der Waals surface area contributed by atoms with Gasteiger partial charge in [-0.25, -0.2) is 0 Å². The Morgan fingerprint density at radius 1 is 1.46 bits per heavy atom. The van der Waals surface area contributed by atoms with Crippen molar-refractivity contribution in [3.05, 3.63) is 0 Å². The van der Waals surface area contributed by atoms with E-state index < -0.39 is 0 Å². The molecule has 0 saturated carbocycles. The van der Waals surface area contributed by atoms with E-state index in [-0.39, 0.29) is 0 Å². The zero-order valence-electron chi connectivity index (χ0n) is 8.68. The molecule has 2 heterocycles. The lowest BCUT2D eigenvalue weighted by Crippen LogP contribution is -2.64. The average Bonchev–Trinajstić information content (AvgIpc) is 2.24. The van der Waals surface area contributed by atoms with E-state index in [1.54, 1.807) is 0 Å². The molecule has 0 aromatic heterocycles. The fraction of sp³-hybridized carbons (Fsp3) is 1.00. The van der Waals surface area contributed by atoms with Crippen molar-refractivity contribution in [2.75, 3.05) is 32.8 Å². The second-order valence-corrected chi connectivity index (χ2v) is 4.57. The summed E-state index contributed by atoms with van der Waals surface area (Å²) >= 11 is 0. The lowest BCUT2D eigenvalue weighted by Gasteiger charge is -2.44. The summed E-state index contributed by atoms with van der Waals surface area (Å²) in [5, 5.41) is 3.52. The van der Waals surface area contributed by atoms with Crippen LogP contribution in [0.5, 0.6) is 0 Å². The predicted molar refractivity (Wildman–Crippen MR) is 52.9 cm³/mol. The van der Waals surface area contributed by atoms with Gasteiger partial charge in [0.15, 0.2) is 0 Å². The van der Waals surface area contributed by atoms with Gasteiger partial charge in [0.05, 0.1) is 18.8 Å². The molecule has 0 radical (unpaired) electrons. The molecule has 0 amide bonds. The highest BCUT2D eigenvalue weighted by Gasteiger charge is 2.40. The first-order valence-corrected chi connectivity index (χ1v) is 5.29. The number of nitrogens with one attached hydrogen (secondary N) is 1. The van der Waals surface area contributed by atoms with Crippen LogP contribution in [0.4, 0.5) is 0 Å². The summed E-state index contributed by atoms with van der Waals surface area (Å²) in [7, 11) is 0. The normalized spacial score (nSPS) is 36.2. The molecule has 2 aliphatic rings. The molecule has 0 aromatic carbocycles. The smallest absolute Gasteiger partial charge is 0.0662 e. The van der Waals surface area contributed by atoms with Gasteiger partial charge in [-0.05, 0) is 26.8 Å². The van der Waals surface area contributed by atoms with Gasteiger partial charge in [0.25, 0.3) is 0 Å². The molecule has 2 fully saturated rings. The van der Waals surface area contributed by atoms with Gasteiger partial charge in [-0.3, -0.25) is 4.90 Å². The van der Waals surface area contributed by atoms with Gasteiger partial charge >= 0.3 is 0 Å². The SMILES string of the molecule is CC(C)N1CCOCC2(CCN2)C1. The first-order valence-electron chi connectivity index (χ1n) is 5.29. The Labute approximate surface area is 80.4 Å². The van der Waals surface area contributed by atoms with Gasteiger partial charge in [-0.2, -0.15) is 0 Å². The van der Waals surface area contributed by atoms with Gasteiger partial charge in [-0.1, -0.05) is 0 Å². The minimum atomic E-state index is 0.292. The van der Waals surface area contributed by atoms with E-state index in [0.717, 1.165) is 32.8 Å². The highest BCUT2D eigenvalue weighted by Crippen LogP contribution is 2.23. The molecule has 0 aromatic rings. The molecule has 1 spiro atoms. The lowest BCUT2D eigenvalue weighted by atomic mass is 9.88. The maximum atomic E-state index is 5.63. The van der Waals surface area contributed by atoms with Crippen LogP contribution >= 0.6 is 0 Å². The van der Waals surface area contributed by atoms with E-state index in [1.165, 1.54) is 6.42 Å². The van der Waals surface area contributed by atoms with Crippen LogP contribution in [0.1, 0.15) is 20.3 Å². The molecule has 1 N–H and O–H groups in total. The van der Waals surface area contributed by atoms with Crippen molar-refractivity contribution < 1.29 is 4.74 Å². The summed E-state index contributed by atoms with van der Waals surface area (Å²) in [6.07, 6.45) is 1.27. The van der Waals surface area contributed by atoms with E-state index in [9.17, 15) is 0 Å². The van der Waals surface area contributed by atoms with Crippen molar-refractivity contribution in [3.8, 4) is 0 Å². The van der Waals surface area contributed by atoms with Gasteiger partial charge in [0.2, 0.25) is 0 Å². The molecule has 2 aliphatic heterocycles. The first kappa shape index (κ1) is 9.44. The molecule has 1 atom stereocenters. The van der Waals surface area contributed by atoms with Crippen LogP contribution in [-0.4, -0.2) is 49.3 Å². The van der Waals surface area contributed by atoms with Crippen molar-refractivity contribution in [1.29, 1.82) is 0 Å². The van der Waals surface area contributed by atoms with E-state index >= 15 is 0 Å². The minimum Gasteiger partial charge on any atom is -0.378 e. The second kappa shape index (κ2) is 3.56. The Morgan fingerprint density at radius 2 is 2.23 bits per heavy atom. The van der Waals surface area contributed by atoms with Crippen molar-refractivity contribution in [3.63, 3.8) is 0 Å². The number of ether oxygens (including phenoxy) is 1. The van der Waals surface area contributed by atoms with Gasteiger partial charge in [0, 0.05) is 19.1 Å². The standard InChI is InChI=1S/C10H20N2O/c1-9(2)12-5-6-13-8-10(7-12)3-4-11-10/h9,11H,3-8H2,1-2H3. The molecule has 2 rings (SSSR count). The van der Waals surface area contributed by atoms with E-state index in [4.69, 9.17) is 4.74 Å². The summed E-state index contributed by atoms with van der Waals surface area (Å²) in [4.78, 5) is 2.51. The van der Waals surface area contributed by atoms with Crippen LogP contribution in [0.15, 0.2) is 0 Å². The number of nitrogens with zero attached hydrogens (tertiary/aromatic N) is 1. The summed E-state index contributed by atoms with van der Waals surface area (Å²) < 4.78 is 5.63. The van der Waals surface area contributed by atoms with Crippen LogP contribution in [0, 0.1) is 0 Å². The highest BCUT2D eigenvalue weighted by atomic mass is 16.5. The Morgan fingerprint density at radius 3 is 2.77 bits per heavy atom. The number of hydrogen-bond donors (Lipinski definition) is 1. The van der Waals surface area contributed by atoms with E-state index in [2.05, 4.69) is 24.1 Å². The van der Waals surface area contributed by atoms with Crippen LogP contribution in [-0.2, 0) is 4.74 Å². The first-order chi connectivity index (χ1) is 6.22. The third-order valence-corrected chi connectivity index (χ3v) is 3.24. The third kappa shape index (κ3) is 1.87. The molecule has 0 aliphatic carbocycles. The maximum absolute atomic E-state index is 5.63. The zero-order valence-corrected chi connectivity index (χ0v) is 8.68. The van der Waals surface area contributed by atoms with Crippen molar-refractivity contribution in [2.45, 2.75) is 31.8 Å². The average molecular weight is 184 g/mol. The molecule has 3 heteroatoms. The van der Waals surface area contributed by atoms with Crippen molar-refractivity contribution in [1.82, 2.24) is 10.2 Å². The van der Waals surface area contributed by atoms with E-state index in [0.29, 0.717) is 11.6 Å². The molecule has 13 heavy (non-hydrogen) atoms. The largest absolute Gasteiger partial charge is 0.378 e. The van der Waals surface area contributed by atoms with Crippen LogP contribution in [0.3, 0.4) is 0 Å². The maximum Gasteiger partial charge on any atom is 0.0662 e. The predicted octanol–water partition coefficient (Wildman–Crippen LogP) is 0.459. The molecule has 0 bridgehead atoms. The number of rotatable bonds is 1. The zero-order chi connectivity index (χ0) is 9.31. The Balaban J connectivity index is 1.98. The summed E-state index contributed by atoms with van der Waals surface area (Å²) in [6, 6.07) is 0.640. The van der Waals surface area contributed by atoms with Crippen LogP contribution < -0.4 is 5.32 Å². The van der Waals surface area contributed by atoms with Crippen molar-refractivity contribution >= 4 is 0 Å². The second-order valence-electron chi connectivity index (χ2n) is 4.57. The number of hydrogen-bond acceptors (Lipinski definition) is 3. The Kier molecular flexibility index (Phi) is 2.58. The van der Waals surface area contributed by atoms with Crippen LogP contribution in [0.2, 0.25) is 0 Å². The summed E-state index contributed by atoms with van der Waals surface area (Å²) in [5.41, 5.74) is 0.292.